The summed E-state index contributed by atoms with van der Waals surface area (Å²) in [5.41, 5.74) is 0.607. The van der Waals surface area contributed by atoms with Crippen LogP contribution in [0.15, 0.2) is 18.3 Å². The number of nitrogens with zero attached hydrogens (tertiary/aromatic N) is 5. The fourth-order valence-electron chi connectivity index (χ4n) is 4.36. The Bertz CT molecular complexity index is 729. The van der Waals surface area contributed by atoms with Crippen LogP contribution >= 0.6 is 0 Å². The number of likely N-dealkylation sites (tertiary alicyclic amines) is 1. The largest absolute Gasteiger partial charge is 0.353 e. The SMILES string of the molecule is N#Cc1cccnc1N1CCN(C2CN[C@H](C(=O)N3CC[C@H](F)C3)C2)CC1. The number of nitriles is 1. The summed E-state index contributed by atoms with van der Waals surface area (Å²) in [7, 11) is 0. The zero-order valence-electron chi connectivity index (χ0n) is 15.4. The Balaban J connectivity index is 1.30. The van der Waals surface area contributed by atoms with Crippen molar-refractivity contribution in [1.82, 2.24) is 20.1 Å². The third-order valence-electron chi connectivity index (χ3n) is 5.89. The van der Waals surface area contributed by atoms with Crippen molar-refractivity contribution in [3.63, 3.8) is 0 Å². The highest BCUT2D eigenvalue weighted by atomic mass is 19.1. The molecule has 0 radical (unpaired) electrons. The van der Waals surface area contributed by atoms with E-state index in [0.29, 0.717) is 24.6 Å². The van der Waals surface area contributed by atoms with Gasteiger partial charge in [-0.15, -0.1) is 0 Å². The Morgan fingerprint density at radius 1 is 1.30 bits per heavy atom. The van der Waals surface area contributed by atoms with E-state index in [4.69, 9.17) is 0 Å². The van der Waals surface area contributed by atoms with Gasteiger partial charge in [-0.1, -0.05) is 0 Å². The predicted molar refractivity (Wildman–Crippen MR) is 99.0 cm³/mol. The van der Waals surface area contributed by atoms with Crippen molar-refractivity contribution in [2.75, 3.05) is 50.7 Å². The van der Waals surface area contributed by atoms with E-state index in [-0.39, 0.29) is 18.5 Å². The normalized spacial score (nSPS) is 29.1. The van der Waals surface area contributed by atoms with Gasteiger partial charge in [-0.25, -0.2) is 9.37 Å². The number of piperazine rings is 1. The highest BCUT2D eigenvalue weighted by Crippen LogP contribution is 2.23. The highest BCUT2D eigenvalue weighted by molar-refractivity contribution is 5.82. The van der Waals surface area contributed by atoms with Gasteiger partial charge in [-0.05, 0) is 25.0 Å². The molecule has 3 fully saturated rings. The van der Waals surface area contributed by atoms with Crippen LogP contribution in [0.25, 0.3) is 0 Å². The quantitative estimate of drug-likeness (QED) is 0.827. The number of hydrogen-bond donors (Lipinski definition) is 1. The molecule has 1 aromatic rings. The van der Waals surface area contributed by atoms with E-state index in [2.05, 4.69) is 26.2 Å². The van der Waals surface area contributed by atoms with Gasteiger partial charge >= 0.3 is 0 Å². The van der Waals surface area contributed by atoms with Crippen LogP contribution in [0.5, 0.6) is 0 Å². The number of carbonyl (C=O) groups excluding carboxylic acids is 1. The molecule has 0 aromatic carbocycles. The lowest BCUT2D eigenvalue weighted by molar-refractivity contribution is -0.132. The lowest BCUT2D eigenvalue weighted by Gasteiger charge is -2.38. The number of carbonyl (C=O) groups is 1. The van der Waals surface area contributed by atoms with Gasteiger partial charge in [0, 0.05) is 51.5 Å². The number of aromatic nitrogens is 1. The number of alkyl halides is 1. The maximum Gasteiger partial charge on any atom is 0.239 e. The van der Waals surface area contributed by atoms with Crippen molar-refractivity contribution in [1.29, 1.82) is 5.26 Å². The Morgan fingerprint density at radius 3 is 2.81 bits per heavy atom. The van der Waals surface area contributed by atoms with E-state index in [9.17, 15) is 14.4 Å². The van der Waals surface area contributed by atoms with Gasteiger partial charge in [0.2, 0.25) is 5.91 Å². The Morgan fingerprint density at radius 2 is 2.11 bits per heavy atom. The maximum absolute atomic E-state index is 13.4. The first kappa shape index (κ1) is 18.1. The molecular formula is C19H25FN6O. The first-order chi connectivity index (χ1) is 13.2. The summed E-state index contributed by atoms with van der Waals surface area (Å²) >= 11 is 0. The standard InChI is InChI=1S/C19H25FN6O/c20-15-3-5-26(13-15)19(27)17-10-16(12-23-17)24-6-8-25(9-7-24)18-14(11-21)2-1-4-22-18/h1-2,4,15-17,23H,3,5-10,12-13H2/t15-,16?,17-/m0/s1. The van der Waals surface area contributed by atoms with E-state index in [1.54, 1.807) is 23.2 Å². The first-order valence-electron chi connectivity index (χ1n) is 9.66. The van der Waals surface area contributed by atoms with E-state index in [1.807, 2.05) is 0 Å². The Kier molecular flexibility index (Phi) is 5.23. The monoisotopic (exact) mass is 372 g/mol. The van der Waals surface area contributed by atoms with Gasteiger partial charge in [0.15, 0.2) is 0 Å². The smallest absolute Gasteiger partial charge is 0.239 e. The van der Waals surface area contributed by atoms with Crippen LogP contribution in [0.1, 0.15) is 18.4 Å². The van der Waals surface area contributed by atoms with Crippen LogP contribution < -0.4 is 10.2 Å². The number of hydrogen-bond acceptors (Lipinski definition) is 6. The van der Waals surface area contributed by atoms with Crippen molar-refractivity contribution < 1.29 is 9.18 Å². The number of amides is 1. The van der Waals surface area contributed by atoms with Gasteiger partial charge in [0.05, 0.1) is 18.2 Å². The Hall–Kier alpha value is -2.24. The summed E-state index contributed by atoms with van der Waals surface area (Å²) in [6.07, 6.45) is 2.09. The molecule has 1 aromatic heterocycles. The molecule has 0 saturated carbocycles. The summed E-state index contributed by atoms with van der Waals surface area (Å²) in [4.78, 5) is 23.2. The molecular weight excluding hydrogens is 347 g/mol. The molecule has 7 nitrogen and oxygen atoms in total. The molecule has 1 unspecified atom stereocenters. The zero-order chi connectivity index (χ0) is 18.8. The third-order valence-corrected chi connectivity index (χ3v) is 5.89. The molecule has 3 aliphatic heterocycles. The highest BCUT2D eigenvalue weighted by Gasteiger charge is 2.38. The molecule has 3 saturated heterocycles. The average Bonchev–Trinajstić information content (AvgIpc) is 3.37. The summed E-state index contributed by atoms with van der Waals surface area (Å²) in [6, 6.07) is 5.92. The van der Waals surface area contributed by atoms with Crippen LogP contribution in [0.2, 0.25) is 0 Å². The molecule has 3 atom stereocenters. The summed E-state index contributed by atoms with van der Waals surface area (Å²) in [5.74, 6) is 0.801. The van der Waals surface area contributed by atoms with Gasteiger partial charge in [-0.3, -0.25) is 9.69 Å². The second kappa shape index (κ2) is 7.79. The number of pyridine rings is 1. The number of anilines is 1. The van der Waals surface area contributed by atoms with Gasteiger partial charge in [0.1, 0.15) is 18.1 Å². The lowest BCUT2D eigenvalue weighted by Crippen LogP contribution is -2.51. The van der Waals surface area contributed by atoms with Crippen LogP contribution in [0.4, 0.5) is 10.2 Å². The molecule has 144 valence electrons. The molecule has 4 heterocycles. The van der Waals surface area contributed by atoms with Crippen molar-refractivity contribution >= 4 is 11.7 Å². The Labute approximate surface area is 158 Å². The minimum Gasteiger partial charge on any atom is -0.353 e. The topological polar surface area (TPSA) is 75.5 Å². The van der Waals surface area contributed by atoms with Crippen LogP contribution in [0.3, 0.4) is 0 Å². The van der Waals surface area contributed by atoms with E-state index in [1.165, 1.54) is 0 Å². The summed E-state index contributed by atoms with van der Waals surface area (Å²) in [5, 5.41) is 12.6. The average molecular weight is 372 g/mol. The van der Waals surface area contributed by atoms with Crippen molar-refractivity contribution in [2.45, 2.75) is 31.1 Å². The van der Waals surface area contributed by atoms with Crippen LogP contribution in [0, 0.1) is 11.3 Å². The molecule has 4 rings (SSSR count). The van der Waals surface area contributed by atoms with Crippen LogP contribution in [-0.2, 0) is 4.79 Å². The molecule has 0 aliphatic carbocycles. The molecule has 1 amide bonds. The van der Waals surface area contributed by atoms with Crippen molar-refractivity contribution in [3.05, 3.63) is 23.9 Å². The number of rotatable bonds is 3. The van der Waals surface area contributed by atoms with E-state index < -0.39 is 6.17 Å². The molecule has 0 bridgehead atoms. The summed E-state index contributed by atoms with van der Waals surface area (Å²) in [6.45, 7) is 4.96. The molecule has 3 aliphatic rings. The molecule has 1 N–H and O–H groups in total. The number of nitrogens with one attached hydrogen (secondary N) is 1. The second-order valence-corrected chi connectivity index (χ2v) is 7.53. The van der Waals surface area contributed by atoms with Gasteiger partial charge in [0.25, 0.3) is 0 Å². The van der Waals surface area contributed by atoms with E-state index in [0.717, 1.165) is 45.0 Å². The zero-order valence-corrected chi connectivity index (χ0v) is 15.4. The second-order valence-electron chi connectivity index (χ2n) is 7.53. The minimum atomic E-state index is -0.871. The van der Waals surface area contributed by atoms with Crippen LogP contribution in [-0.4, -0.2) is 84.8 Å². The molecule has 27 heavy (non-hydrogen) atoms. The summed E-state index contributed by atoms with van der Waals surface area (Å²) < 4.78 is 13.4. The predicted octanol–water partition coefficient (Wildman–Crippen LogP) is 0.376. The first-order valence-corrected chi connectivity index (χ1v) is 9.66. The van der Waals surface area contributed by atoms with E-state index >= 15 is 0 Å². The van der Waals surface area contributed by atoms with Crippen molar-refractivity contribution in [2.24, 2.45) is 0 Å². The van der Waals surface area contributed by atoms with Gasteiger partial charge < -0.3 is 15.1 Å². The molecule has 8 heteroatoms. The number of halogens is 1. The van der Waals surface area contributed by atoms with Gasteiger partial charge in [-0.2, -0.15) is 5.26 Å². The lowest BCUT2D eigenvalue weighted by atomic mass is 10.1. The fourth-order valence-corrected chi connectivity index (χ4v) is 4.36. The maximum atomic E-state index is 13.4. The molecule has 0 spiro atoms. The minimum absolute atomic E-state index is 0.0448. The van der Waals surface area contributed by atoms with Crippen molar-refractivity contribution in [3.8, 4) is 6.07 Å². The third kappa shape index (κ3) is 3.75. The fraction of sp³-hybridized carbons (Fsp3) is 0.632.